The number of nitrogens with zero attached hydrogens (tertiary/aromatic N) is 1. The first-order chi connectivity index (χ1) is 14.8. The molecule has 0 saturated heterocycles. The zero-order chi connectivity index (χ0) is 22.4. The van der Waals surface area contributed by atoms with E-state index in [2.05, 4.69) is 15.6 Å². The quantitative estimate of drug-likeness (QED) is 0.467. The number of nitrogens with one attached hydrogen (secondary N) is 2. The number of carbonyl (C=O) groups is 3. The molecule has 3 rings (SSSR count). The molecule has 0 spiro atoms. The van der Waals surface area contributed by atoms with Gasteiger partial charge < -0.3 is 15.5 Å². The van der Waals surface area contributed by atoms with Crippen LogP contribution in [0.3, 0.4) is 0 Å². The van der Waals surface area contributed by atoms with Crippen LogP contribution in [0.1, 0.15) is 27.4 Å². The molecular formula is C21H21FN4O4S. The van der Waals surface area contributed by atoms with E-state index in [1.54, 1.807) is 30.5 Å². The van der Waals surface area contributed by atoms with E-state index in [4.69, 9.17) is 10.2 Å². The van der Waals surface area contributed by atoms with Gasteiger partial charge >= 0.3 is 0 Å². The molecule has 0 fully saturated rings. The second-order valence-corrected chi connectivity index (χ2v) is 7.76. The molecule has 10 heteroatoms. The Labute approximate surface area is 181 Å². The van der Waals surface area contributed by atoms with Crippen LogP contribution in [0.5, 0.6) is 0 Å². The highest BCUT2D eigenvalue weighted by atomic mass is 32.1. The molecule has 0 aliphatic rings. The Morgan fingerprint density at radius 3 is 2.61 bits per heavy atom. The molecule has 0 aliphatic carbocycles. The van der Waals surface area contributed by atoms with Crippen LogP contribution in [0.2, 0.25) is 0 Å². The van der Waals surface area contributed by atoms with Crippen molar-refractivity contribution in [3.63, 3.8) is 0 Å². The van der Waals surface area contributed by atoms with Crippen molar-refractivity contribution in [3.8, 4) is 0 Å². The van der Waals surface area contributed by atoms with Crippen LogP contribution in [0, 0.1) is 18.7 Å². The van der Waals surface area contributed by atoms with Crippen molar-refractivity contribution < 1.29 is 23.2 Å². The smallest absolute Gasteiger partial charge is 0.260 e. The molecule has 4 N–H and O–H groups in total. The summed E-state index contributed by atoms with van der Waals surface area (Å²) in [7, 11) is 0. The van der Waals surface area contributed by atoms with Gasteiger partial charge in [0.2, 0.25) is 11.8 Å². The number of nitrogens with two attached hydrogens (primary N) is 1. The van der Waals surface area contributed by atoms with E-state index < -0.39 is 11.8 Å². The number of furan rings is 1. The van der Waals surface area contributed by atoms with Gasteiger partial charge in [0.05, 0.1) is 29.9 Å². The Balaban J connectivity index is 1.50. The lowest BCUT2D eigenvalue weighted by atomic mass is 9.98. The lowest BCUT2D eigenvalue weighted by Crippen LogP contribution is -2.37. The number of carbonyl (C=O) groups excluding carboxylic acids is 3. The van der Waals surface area contributed by atoms with Gasteiger partial charge in [0.25, 0.3) is 5.91 Å². The topological polar surface area (TPSA) is 127 Å². The highest BCUT2D eigenvalue weighted by Crippen LogP contribution is 2.18. The van der Waals surface area contributed by atoms with Crippen LogP contribution in [-0.4, -0.2) is 29.3 Å². The molecule has 0 radical (unpaired) electrons. The van der Waals surface area contributed by atoms with Crippen LogP contribution in [0.25, 0.3) is 0 Å². The second-order valence-electron chi connectivity index (χ2n) is 6.90. The number of benzene rings is 1. The molecule has 0 bridgehead atoms. The molecular weight excluding hydrogens is 423 g/mol. The first-order valence-electron chi connectivity index (χ1n) is 9.42. The average Bonchev–Trinajstić information content (AvgIpc) is 3.35. The largest absolute Gasteiger partial charge is 0.469 e. The van der Waals surface area contributed by atoms with Crippen molar-refractivity contribution in [2.24, 2.45) is 11.7 Å². The minimum Gasteiger partial charge on any atom is -0.469 e. The Hall–Kier alpha value is -3.53. The Bertz CT molecular complexity index is 1080. The fraction of sp³-hybridized carbons (Fsp3) is 0.238. The van der Waals surface area contributed by atoms with Gasteiger partial charge in [-0.25, -0.2) is 9.37 Å². The van der Waals surface area contributed by atoms with Crippen molar-refractivity contribution in [1.29, 1.82) is 0 Å². The number of rotatable bonds is 9. The van der Waals surface area contributed by atoms with Crippen LogP contribution in [0.15, 0.2) is 46.4 Å². The molecule has 2 aromatic heterocycles. The van der Waals surface area contributed by atoms with Crippen molar-refractivity contribution in [3.05, 3.63) is 70.4 Å². The van der Waals surface area contributed by atoms with Crippen molar-refractivity contribution in [1.82, 2.24) is 10.3 Å². The van der Waals surface area contributed by atoms with Crippen molar-refractivity contribution in [2.45, 2.75) is 19.8 Å². The van der Waals surface area contributed by atoms with E-state index in [-0.39, 0.29) is 37.0 Å². The third kappa shape index (κ3) is 6.22. The Kier molecular flexibility index (Phi) is 7.14. The highest BCUT2D eigenvalue weighted by Gasteiger charge is 2.18. The van der Waals surface area contributed by atoms with Gasteiger partial charge in [-0.3, -0.25) is 19.7 Å². The van der Waals surface area contributed by atoms with Gasteiger partial charge in [0, 0.05) is 11.9 Å². The summed E-state index contributed by atoms with van der Waals surface area (Å²) < 4.78 is 18.1. The van der Waals surface area contributed by atoms with Crippen LogP contribution in [0.4, 0.5) is 9.52 Å². The summed E-state index contributed by atoms with van der Waals surface area (Å²) in [6, 6.07) is 7.32. The summed E-state index contributed by atoms with van der Waals surface area (Å²) in [6.45, 7) is 1.74. The number of hydrogen-bond donors (Lipinski definition) is 3. The normalized spacial score (nSPS) is 11.7. The predicted octanol–water partition coefficient (Wildman–Crippen LogP) is 2.44. The van der Waals surface area contributed by atoms with Gasteiger partial charge in [0.1, 0.15) is 11.6 Å². The summed E-state index contributed by atoms with van der Waals surface area (Å²) in [4.78, 5) is 40.4. The molecule has 3 aromatic rings. The monoisotopic (exact) mass is 444 g/mol. The first kappa shape index (κ1) is 22.2. The van der Waals surface area contributed by atoms with Gasteiger partial charge in [-0.15, -0.1) is 11.3 Å². The first-order valence-corrected chi connectivity index (χ1v) is 10.3. The van der Waals surface area contributed by atoms with E-state index in [1.165, 1.54) is 29.7 Å². The predicted molar refractivity (Wildman–Crippen MR) is 113 cm³/mol. The van der Waals surface area contributed by atoms with E-state index in [9.17, 15) is 18.8 Å². The number of aromatic nitrogens is 1. The maximum atomic E-state index is 13.0. The van der Waals surface area contributed by atoms with Crippen molar-refractivity contribution in [2.75, 3.05) is 11.9 Å². The Morgan fingerprint density at radius 1 is 1.23 bits per heavy atom. The summed E-state index contributed by atoms with van der Waals surface area (Å²) in [6.07, 6.45) is 1.70. The molecule has 2 heterocycles. The van der Waals surface area contributed by atoms with Gasteiger partial charge in [-0.05, 0) is 37.1 Å². The zero-order valence-corrected chi connectivity index (χ0v) is 17.5. The highest BCUT2D eigenvalue weighted by molar-refractivity contribution is 7.14. The van der Waals surface area contributed by atoms with Gasteiger partial charge in [-0.2, -0.15) is 0 Å². The van der Waals surface area contributed by atoms with Gasteiger partial charge in [0.15, 0.2) is 5.13 Å². The summed E-state index contributed by atoms with van der Waals surface area (Å²) in [5.74, 6) is -1.73. The summed E-state index contributed by atoms with van der Waals surface area (Å²) >= 11 is 1.20. The number of amides is 3. The number of hydrogen-bond acceptors (Lipinski definition) is 6. The van der Waals surface area contributed by atoms with E-state index >= 15 is 0 Å². The van der Waals surface area contributed by atoms with Crippen LogP contribution in [-0.2, 0) is 22.4 Å². The molecule has 162 valence electrons. The fourth-order valence-electron chi connectivity index (χ4n) is 2.87. The van der Waals surface area contributed by atoms with Gasteiger partial charge in [-0.1, -0.05) is 12.1 Å². The minimum absolute atomic E-state index is 0.0147. The maximum Gasteiger partial charge on any atom is 0.260 e. The average molecular weight is 444 g/mol. The number of aryl methyl sites for hydroxylation is 1. The molecule has 1 atom stereocenters. The Morgan fingerprint density at radius 2 is 1.97 bits per heavy atom. The maximum absolute atomic E-state index is 13.0. The number of thiazole rings is 1. The van der Waals surface area contributed by atoms with E-state index in [0.717, 1.165) is 5.56 Å². The van der Waals surface area contributed by atoms with Crippen molar-refractivity contribution >= 4 is 34.2 Å². The third-order valence-corrected chi connectivity index (χ3v) is 5.37. The number of anilines is 1. The van der Waals surface area contributed by atoms with Crippen LogP contribution >= 0.6 is 11.3 Å². The molecule has 0 aliphatic heterocycles. The standard InChI is InChI=1S/C21H21FN4O4S/c1-12-17(6-7-30-12)20(29)26-21-25-16(11-31-21)9-18(27)24-10-14(19(23)28)8-13-2-4-15(22)5-3-13/h2-7,11,14H,8-10H2,1H3,(H2,23,28)(H,24,27)(H,25,26,29). The molecule has 0 saturated carbocycles. The number of halogens is 1. The van der Waals surface area contributed by atoms with E-state index in [0.29, 0.717) is 22.1 Å². The molecule has 31 heavy (non-hydrogen) atoms. The van der Waals surface area contributed by atoms with Crippen LogP contribution < -0.4 is 16.4 Å². The summed E-state index contributed by atoms with van der Waals surface area (Å²) in [5.41, 5.74) is 7.07. The lowest BCUT2D eigenvalue weighted by Gasteiger charge is -2.14. The minimum atomic E-state index is -0.627. The number of primary amides is 1. The third-order valence-electron chi connectivity index (χ3n) is 4.56. The fourth-order valence-corrected chi connectivity index (χ4v) is 3.58. The molecule has 1 unspecified atom stereocenters. The zero-order valence-electron chi connectivity index (χ0n) is 16.7. The molecule has 1 aromatic carbocycles. The summed E-state index contributed by atoms with van der Waals surface area (Å²) in [5, 5.41) is 7.37. The second kappa shape index (κ2) is 9.98. The lowest BCUT2D eigenvalue weighted by molar-refractivity contribution is -0.123. The SMILES string of the molecule is Cc1occc1C(=O)Nc1nc(CC(=O)NCC(Cc2ccc(F)cc2)C(N)=O)cs1. The molecule has 3 amide bonds. The molecule has 8 nitrogen and oxygen atoms in total. The van der Waals surface area contributed by atoms with E-state index in [1.807, 2.05) is 0 Å².